The fourth-order valence-electron chi connectivity index (χ4n) is 2.76. The average Bonchev–Trinajstić information content (AvgIpc) is 2.45. The van der Waals surface area contributed by atoms with E-state index in [1.165, 1.54) is 12.1 Å². The maximum absolute atomic E-state index is 13.0. The number of nitrogens with one attached hydrogen (secondary N) is 2. The van der Waals surface area contributed by atoms with Gasteiger partial charge in [0, 0.05) is 18.8 Å². The van der Waals surface area contributed by atoms with Crippen molar-refractivity contribution in [1.82, 2.24) is 5.32 Å². The van der Waals surface area contributed by atoms with Crippen molar-refractivity contribution in [1.29, 1.82) is 0 Å². The molecule has 3 N–H and O–H groups in total. The summed E-state index contributed by atoms with van der Waals surface area (Å²) in [5, 5.41) is 14.7. The number of aliphatic hydroxyl groups excluding tert-OH is 1. The lowest BCUT2D eigenvalue weighted by Gasteiger charge is -2.30. The summed E-state index contributed by atoms with van der Waals surface area (Å²) in [4.78, 5) is 11.8. The van der Waals surface area contributed by atoms with Crippen molar-refractivity contribution < 1.29 is 14.3 Å². The quantitative estimate of drug-likeness (QED) is 0.794. The van der Waals surface area contributed by atoms with Crippen molar-refractivity contribution >= 4 is 11.7 Å². The van der Waals surface area contributed by atoms with E-state index in [1.807, 2.05) is 0 Å². The standard InChI is InChI=1S/C15H21FN2O2/c16-13-6-3-7-14(8-13)18-15(20)17-9-11-4-1-2-5-12(11)10-19/h3,6-8,11-12,19H,1-2,4-5,9-10H2,(H2,17,18,20). The summed E-state index contributed by atoms with van der Waals surface area (Å²) in [6, 6.07) is 5.46. The first-order chi connectivity index (χ1) is 9.69. The molecule has 1 aliphatic carbocycles. The van der Waals surface area contributed by atoms with Gasteiger partial charge in [0.25, 0.3) is 0 Å². The number of urea groups is 1. The van der Waals surface area contributed by atoms with Crippen LogP contribution in [0.1, 0.15) is 25.7 Å². The van der Waals surface area contributed by atoms with Gasteiger partial charge in [0.1, 0.15) is 5.82 Å². The van der Waals surface area contributed by atoms with Gasteiger partial charge in [-0.3, -0.25) is 0 Å². The molecule has 2 amide bonds. The van der Waals surface area contributed by atoms with Crippen LogP contribution in [-0.2, 0) is 0 Å². The van der Waals surface area contributed by atoms with Crippen LogP contribution in [0.5, 0.6) is 0 Å². The molecule has 0 aromatic heterocycles. The highest BCUT2D eigenvalue weighted by atomic mass is 19.1. The van der Waals surface area contributed by atoms with Gasteiger partial charge in [-0.2, -0.15) is 0 Å². The minimum absolute atomic E-state index is 0.178. The highest BCUT2D eigenvalue weighted by Gasteiger charge is 2.24. The summed E-state index contributed by atoms with van der Waals surface area (Å²) in [6.45, 7) is 0.726. The second kappa shape index (κ2) is 7.24. The van der Waals surface area contributed by atoms with E-state index in [1.54, 1.807) is 12.1 Å². The van der Waals surface area contributed by atoms with E-state index in [4.69, 9.17) is 0 Å². The van der Waals surface area contributed by atoms with Gasteiger partial charge in [-0.1, -0.05) is 18.9 Å². The summed E-state index contributed by atoms with van der Waals surface area (Å²) in [7, 11) is 0. The molecule has 1 saturated carbocycles. The number of aliphatic hydroxyl groups is 1. The zero-order valence-electron chi connectivity index (χ0n) is 11.4. The Bertz CT molecular complexity index is 453. The molecule has 1 aliphatic rings. The first-order valence-electron chi connectivity index (χ1n) is 7.10. The summed E-state index contributed by atoms with van der Waals surface area (Å²) >= 11 is 0. The molecule has 0 saturated heterocycles. The molecule has 2 rings (SSSR count). The summed E-state index contributed by atoms with van der Waals surface area (Å²) < 4.78 is 13.0. The fourth-order valence-corrected chi connectivity index (χ4v) is 2.76. The van der Waals surface area contributed by atoms with Gasteiger partial charge >= 0.3 is 6.03 Å². The molecule has 5 heteroatoms. The van der Waals surface area contributed by atoms with Crippen molar-refractivity contribution in [2.45, 2.75) is 25.7 Å². The van der Waals surface area contributed by atoms with Gasteiger partial charge in [-0.05, 0) is 42.9 Å². The third kappa shape index (κ3) is 4.20. The number of rotatable bonds is 4. The number of carbonyl (C=O) groups is 1. The lowest BCUT2D eigenvalue weighted by Crippen LogP contribution is -2.37. The van der Waals surface area contributed by atoms with E-state index in [9.17, 15) is 14.3 Å². The molecule has 0 spiro atoms. The van der Waals surface area contributed by atoms with Gasteiger partial charge in [0.2, 0.25) is 0 Å². The highest BCUT2D eigenvalue weighted by molar-refractivity contribution is 5.89. The molecule has 110 valence electrons. The molecular formula is C15H21FN2O2. The molecule has 2 unspecified atom stereocenters. The Balaban J connectivity index is 1.79. The Labute approximate surface area is 118 Å². The zero-order valence-corrected chi connectivity index (χ0v) is 11.4. The molecule has 4 nitrogen and oxygen atoms in total. The second-order valence-electron chi connectivity index (χ2n) is 5.33. The van der Waals surface area contributed by atoms with Crippen LogP contribution >= 0.6 is 0 Å². The average molecular weight is 280 g/mol. The molecular weight excluding hydrogens is 259 g/mol. The first kappa shape index (κ1) is 14.8. The van der Waals surface area contributed by atoms with E-state index >= 15 is 0 Å². The minimum Gasteiger partial charge on any atom is -0.396 e. The third-order valence-electron chi connectivity index (χ3n) is 3.91. The van der Waals surface area contributed by atoms with Gasteiger partial charge in [0.05, 0.1) is 0 Å². The van der Waals surface area contributed by atoms with Crippen molar-refractivity contribution in [2.24, 2.45) is 11.8 Å². The zero-order chi connectivity index (χ0) is 14.4. The van der Waals surface area contributed by atoms with E-state index in [0.717, 1.165) is 25.7 Å². The summed E-state index contributed by atoms with van der Waals surface area (Å²) in [5.74, 6) is 0.223. The molecule has 0 bridgehead atoms. The van der Waals surface area contributed by atoms with Crippen molar-refractivity contribution in [3.05, 3.63) is 30.1 Å². The molecule has 1 fully saturated rings. The minimum atomic E-state index is -0.379. The van der Waals surface area contributed by atoms with E-state index in [0.29, 0.717) is 18.2 Å². The molecule has 0 aliphatic heterocycles. The molecule has 0 heterocycles. The van der Waals surface area contributed by atoms with E-state index < -0.39 is 0 Å². The van der Waals surface area contributed by atoms with Crippen LogP contribution in [0.15, 0.2) is 24.3 Å². The molecule has 20 heavy (non-hydrogen) atoms. The van der Waals surface area contributed by atoms with Crippen LogP contribution in [0.25, 0.3) is 0 Å². The van der Waals surface area contributed by atoms with Crippen LogP contribution in [0, 0.1) is 17.7 Å². The van der Waals surface area contributed by atoms with Crippen molar-refractivity contribution in [3.8, 4) is 0 Å². The highest BCUT2D eigenvalue weighted by Crippen LogP contribution is 2.29. The number of anilines is 1. The normalized spacial score (nSPS) is 22.3. The topological polar surface area (TPSA) is 61.4 Å². The molecule has 1 aromatic rings. The number of carbonyl (C=O) groups excluding carboxylic acids is 1. The maximum atomic E-state index is 13.0. The first-order valence-corrected chi connectivity index (χ1v) is 7.10. The smallest absolute Gasteiger partial charge is 0.319 e. The molecule has 2 atom stereocenters. The van der Waals surface area contributed by atoms with Crippen LogP contribution < -0.4 is 10.6 Å². The van der Waals surface area contributed by atoms with Gasteiger partial charge in [-0.15, -0.1) is 0 Å². The lowest BCUT2D eigenvalue weighted by atomic mass is 9.80. The number of amides is 2. The lowest BCUT2D eigenvalue weighted by molar-refractivity contribution is 0.134. The van der Waals surface area contributed by atoms with E-state index in [-0.39, 0.29) is 24.4 Å². The summed E-state index contributed by atoms with van der Waals surface area (Å²) in [6.07, 6.45) is 4.35. The monoisotopic (exact) mass is 280 g/mol. The number of halogens is 1. The van der Waals surface area contributed by atoms with Crippen LogP contribution in [-0.4, -0.2) is 24.3 Å². The number of hydrogen-bond acceptors (Lipinski definition) is 2. The Morgan fingerprint density at radius 3 is 2.75 bits per heavy atom. The van der Waals surface area contributed by atoms with Gasteiger partial charge < -0.3 is 15.7 Å². The fraction of sp³-hybridized carbons (Fsp3) is 0.533. The maximum Gasteiger partial charge on any atom is 0.319 e. The van der Waals surface area contributed by atoms with Crippen LogP contribution in [0.4, 0.5) is 14.9 Å². The Hall–Kier alpha value is -1.62. The largest absolute Gasteiger partial charge is 0.396 e. The van der Waals surface area contributed by atoms with Crippen molar-refractivity contribution in [3.63, 3.8) is 0 Å². The third-order valence-corrected chi connectivity index (χ3v) is 3.91. The predicted molar refractivity (Wildman–Crippen MR) is 76.0 cm³/mol. The Morgan fingerprint density at radius 1 is 1.30 bits per heavy atom. The number of hydrogen-bond donors (Lipinski definition) is 3. The molecule has 0 radical (unpaired) electrons. The van der Waals surface area contributed by atoms with Crippen LogP contribution in [0.3, 0.4) is 0 Å². The van der Waals surface area contributed by atoms with Gasteiger partial charge in [0.15, 0.2) is 0 Å². The predicted octanol–water partition coefficient (Wildman–Crippen LogP) is 2.75. The Morgan fingerprint density at radius 2 is 2.05 bits per heavy atom. The SMILES string of the molecule is O=C(NCC1CCCCC1CO)Nc1cccc(F)c1. The molecule has 1 aromatic carbocycles. The second-order valence-corrected chi connectivity index (χ2v) is 5.33. The summed E-state index contributed by atoms with van der Waals surface area (Å²) in [5.41, 5.74) is 0.435. The van der Waals surface area contributed by atoms with Crippen molar-refractivity contribution in [2.75, 3.05) is 18.5 Å². The van der Waals surface area contributed by atoms with E-state index in [2.05, 4.69) is 10.6 Å². The number of benzene rings is 1. The van der Waals surface area contributed by atoms with Gasteiger partial charge in [-0.25, -0.2) is 9.18 Å². The Kier molecular flexibility index (Phi) is 5.35. The van der Waals surface area contributed by atoms with Crippen LogP contribution in [0.2, 0.25) is 0 Å².